The predicted molar refractivity (Wildman–Crippen MR) is 64.4 cm³/mol. The molecule has 110 valence electrons. The van der Waals surface area contributed by atoms with Crippen molar-refractivity contribution in [2.75, 3.05) is 0 Å². The molecule has 1 saturated heterocycles. The number of carbonyl (C=O) groups excluding carboxylic acids is 1. The first-order valence-corrected chi connectivity index (χ1v) is 7.11. The predicted octanol–water partition coefficient (Wildman–Crippen LogP) is -2.55. The molecule has 0 aliphatic carbocycles. The minimum Gasteiger partial charge on any atom is -0.390 e. The van der Waals surface area contributed by atoms with Crippen molar-refractivity contribution < 1.29 is 29.3 Å². The molecule has 5 N–H and O–H groups in total. The highest BCUT2D eigenvalue weighted by Gasteiger charge is 2.54. The molecule has 0 bridgehead atoms. The normalized spacial score (nSPS) is 26.7. The first-order chi connectivity index (χ1) is 9.20. The van der Waals surface area contributed by atoms with Crippen LogP contribution in [0, 0.1) is 0 Å². The van der Waals surface area contributed by atoms with E-state index in [1.54, 1.807) is 0 Å². The SMILES string of the molecule is O=C([C@H]1O[C@@H](n2ccc(=O)[nH]c2=O)C[C@@H]1O)[P+](O)(O)O. The molecule has 1 aromatic heterocycles. The molecule has 10 nitrogen and oxygen atoms in total. The van der Waals surface area contributed by atoms with Gasteiger partial charge in [0.15, 0.2) is 6.10 Å². The van der Waals surface area contributed by atoms with Gasteiger partial charge in [-0.2, -0.15) is 14.7 Å². The molecule has 0 radical (unpaired) electrons. The van der Waals surface area contributed by atoms with Crippen LogP contribution in [0.25, 0.3) is 0 Å². The van der Waals surface area contributed by atoms with Crippen molar-refractivity contribution in [3.63, 3.8) is 0 Å². The Morgan fingerprint density at radius 1 is 1.40 bits per heavy atom. The zero-order chi connectivity index (χ0) is 15.1. The van der Waals surface area contributed by atoms with Crippen LogP contribution in [0.15, 0.2) is 21.9 Å². The number of hydrogen-bond donors (Lipinski definition) is 5. The quantitative estimate of drug-likeness (QED) is 0.381. The summed E-state index contributed by atoms with van der Waals surface area (Å²) < 4.78 is 5.99. The number of aliphatic hydroxyl groups excluding tert-OH is 1. The van der Waals surface area contributed by atoms with Gasteiger partial charge < -0.3 is 9.84 Å². The molecule has 0 aromatic carbocycles. The standard InChI is InChI=1S/C9H11N2O8P/c12-4-3-6(11-2-1-5(13)10-9(11)15)19-7(4)8(14)20(16,17)18/h1-2,4,6-7,12,16-18H,3H2/p+1/t4-,6+,7-/m0/s1. The van der Waals surface area contributed by atoms with E-state index in [2.05, 4.69) is 0 Å². The lowest BCUT2D eigenvalue weighted by molar-refractivity contribution is -0.129. The molecule has 1 fully saturated rings. The maximum atomic E-state index is 11.5. The van der Waals surface area contributed by atoms with Crippen LogP contribution < -0.4 is 11.2 Å². The van der Waals surface area contributed by atoms with Crippen LogP contribution in [-0.4, -0.2) is 47.1 Å². The molecular formula is C9H12N2O8P+. The number of ether oxygens (including phenoxy) is 1. The van der Waals surface area contributed by atoms with Crippen LogP contribution in [-0.2, 0) is 9.53 Å². The molecule has 11 heteroatoms. The van der Waals surface area contributed by atoms with Gasteiger partial charge in [0.05, 0.1) is 6.10 Å². The highest BCUT2D eigenvalue weighted by molar-refractivity contribution is 7.76. The lowest BCUT2D eigenvalue weighted by atomic mass is 10.2. The van der Waals surface area contributed by atoms with Crippen molar-refractivity contribution in [2.45, 2.75) is 24.9 Å². The number of nitrogens with one attached hydrogen (secondary N) is 1. The summed E-state index contributed by atoms with van der Waals surface area (Å²) >= 11 is 0. The highest BCUT2D eigenvalue weighted by atomic mass is 31.2. The van der Waals surface area contributed by atoms with Crippen molar-refractivity contribution in [3.8, 4) is 0 Å². The molecule has 1 aromatic rings. The Bertz CT molecular complexity index is 632. The summed E-state index contributed by atoms with van der Waals surface area (Å²) in [4.78, 5) is 62.5. The number of carbonyl (C=O) groups is 1. The Morgan fingerprint density at radius 2 is 2.05 bits per heavy atom. The Balaban J connectivity index is 2.25. The topological polar surface area (TPSA) is 162 Å². The van der Waals surface area contributed by atoms with Gasteiger partial charge in [0.2, 0.25) is 0 Å². The van der Waals surface area contributed by atoms with E-state index in [1.165, 1.54) is 0 Å². The van der Waals surface area contributed by atoms with E-state index in [1.807, 2.05) is 4.98 Å². The molecule has 0 unspecified atom stereocenters. The first-order valence-electron chi connectivity index (χ1n) is 5.47. The second-order valence-electron chi connectivity index (χ2n) is 4.24. The van der Waals surface area contributed by atoms with E-state index in [4.69, 9.17) is 19.4 Å². The van der Waals surface area contributed by atoms with Crippen molar-refractivity contribution in [1.29, 1.82) is 0 Å². The Kier molecular flexibility index (Phi) is 3.87. The van der Waals surface area contributed by atoms with Crippen molar-refractivity contribution in [1.82, 2.24) is 9.55 Å². The smallest absolute Gasteiger partial charge is 0.390 e. The number of hydrogen-bond acceptors (Lipinski definition) is 8. The summed E-state index contributed by atoms with van der Waals surface area (Å²) in [6.07, 6.45) is -3.23. The molecule has 1 aliphatic rings. The summed E-state index contributed by atoms with van der Waals surface area (Å²) in [5.41, 5.74) is -2.87. The molecule has 2 heterocycles. The fourth-order valence-electron chi connectivity index (χ4n) is 1.87. The molecule has 0 amide bonds. The van der Waals surface area contributed by atoms with Gasteiger partial charge >= 0.3 is 19.2 Å². The first kappa shape index (κ1) is 15.0. The van der Waals surface area contributed by atoms with Gasteiger partial charge in [0.1, 0.15) is 6.23 Å². The van der Waals surface area contributed by atoms with Crippen LogP contribution in [0.2, 0.25) is 0 Å². The van der Waals surface area contributed by atoms with Gasteiger partial charge in [0, 0.05) is 18.7 Å². The van der Waals surface area contributed by atoms with Crippen LogP contribution in [0.4, 0.5) is 0 Å². The summed E-state index contributed by atoms with van der Waals surface area (Å²) in [5.74, 6) is 0. The molecule has 2 rings (SSSR count). The number of aliphatic hydroxyl groups is 1. The van der Waals surface area contributed by atoms with Crippen molar-refractivity contribution in [2.24, 2.45) is 0 Å². The van der Waals surface area contributed by atoms with Crippen LogP contribution in [0.3, 0.4) is 0 Å². The second-order valence-corrected chi connectivity index (χ2v) is 5.82. The Labute approximate surface area is 111 Å². The van der Waals surface area contributed by atoms with Gasteiger partial charge in [-0.15, -0.1) is 0 Å². The molecule has 0 saturated carbocycles. The zero-order valence-electron chi connectivity index (χ0n) is 9.91. The number of aromatic nitrogens is 2. The van der Waals surface area contributed by atoms with Crippen molar-refractivity contribution in [3.05, 3.63) is 33.1 Å². The number of H-pyrrole nitrogens is 1. The monoisotopic (exact) mass is 307 g/mol. The molecule has 20 heavy (non-hydrogen) atoms. The lowest BCUT2D eigenvalue weighted by Crippen LogP contribution is -2.33. The number of rotatable bonds is 3. The largest absolute Gasteiger partial charge is 0.481 e. The third-order valence-electron chi connectivity index (χ3n) is 2.80. The minimum atomic E-state index is -4.80. The van der Waals surface area contributed by atoms with E-state index in [9.17, 15) is 19.5 Å². The van der Waals surface area contributed by atoms with Crippen LogP contribution in [0.1, 0.15) is 12.6 Å². The fraction of sp³-hybridized carbons (Fsp3) is 0.444. The maximum Gasteiger partial charge on any atom is 0.481 e. The molecule has 0 spiro atoms. The van der Waals surface area contributed by atoms with Gasteiger partial charge in [-0.25, -0.2) is 9.59 Å². The van der Waals surface area contributed by atoms with E-state index in [-0.39, 0.29) is 6.42 Å². The number of nitrogens with zero attached hydrogens (tertiary/aromatic N) is 1. The molecular weight excluding hydrogens is 295 g/mol. The fourth-order valence-corrected chi connectivity index (χ4v) is 2.45. The maximum absolute atomic E-state index is 11.5. The number of aromatic amines is 1. The second kappa shape index (κ2) is 5.17. The Morgan fingerprint density at radius 3 is 2.60 bits per heavy atom. The summed E-state index contributed by atoms with van der Waals surface area (Å²) in [6.45, 7) is 0. The highest BCUT2D eigenvalue weighted by Crippen LogP contribution is 2.49. The van der Waals surface area contributed by atoms with Gasteiger partial charge in [-0.05, 0) is 0 Å². The lowest BCUT2D eigenvalue weighted by Gasteiger charge is -2.14. The van der Waals surface area contributed by atoms with Gasteiger partial charge in [-0.3, -0.25) is 14.3 Å². The molecule has 1 aliphatic heterocycles. The van der Waals surface area contributed by atoms with Crippen LogP contribution in [0.5, 0.6) is 0 Å². The van der Waals surface area contributed by atoms with Crippen LogP contribution >= 0.6 is 7.94 Å². The van der Waals surface area contributed by atoms with Gasteiger partial charge in [-0.1, -0.05) is 0 Å². The van der Waals surface area contributed by atoms with E-state index < -0.39 is 43.2 Å². The zero-order valence-corrected chi connectivity index (χ0v) is 10.8. The van der Waals surface area contributed by atoms with Crippen molar-refractivity contribution >= 4 is 13.5 Å². The van der Waals surface area contributed by atoms with Gasteiger partial charge in [0.25, 0.3) is 5.56 Å². The molecule has 3 atom stereocenters. The summed E-state index contributed by atoms with van der Waals surface area (Å²) in [6, 6.07) is 1.05. The third kappa shape index (κ3) is 2.85. The van der Waals surface area contributed by atoms with E-state index >= 15 is 0 Å². The summed E-state index contributed by atoms with van der Waals surface area (Å²) in [7, 11) is -4.80. The summed E-state index contributed by atoms with van der Waals surface area (Å²) in [5, 5.41) is 9.65. The van der Waals surface area contributed by atoms with E-state index in [0.29, 0.717) is 0 Å². The minimum absolute atomic E-state index is 0.192. The Hall–Kier alpha value is -1.42. The van der Waals surface area contributed by atoms with E-state index in [0.717, 1.165) is 16.8 Å². The third-order valence-corrected chi connectivity index (χ3v) is 3.64. The average Bonchev–Trinajstić information content (AvgIpc) is 2.68. The average molecular weight is 307 g/mol.